The van der Waals surface area contributed by atoms with Gasteiger partial charge in [-0.25, -0.2) is 14.8 Å². The van der Waals surface area contributed by atoms with Gasteiger partial charge in [0.25, 0.3) is 0 Å². The van der Waals surface area contributed by atoms with Crippen LogP contribution in [0.25, 0.3) is 0 Å². The first kappa shape index (κ1) is 16.5. The van der Waals surface area contributed by atoms with Crippen LogP contribution in [-0.2, 0) is 4.74 Å². The lowest BCUT2D eigenvalue weighted by molar-refractivity contribution is 0.0691. The Morgan fingerprint density at radius 2 is 2.00 bits per heavy atom. The van der Waals surface area contributed by atoms with Crippen molar-refractivity contribution in [2.45, 2.75) is 5.03 Å². The van der Waals surface area contributed by atoms with Crippen LogP contribution in [-0.4, -0.2) is 53.6 Å². The third-order valence-electron chi connectivity index (χ3n) is 3.67. The molecule has 126 valence electrons. The number of rotatable bonds is 5. The molecule has 7 nitrogen and oxygen atoms in total. The largest absolute Gasteiger partial charge is 0.476 e. The van der Waals surface area contributed by atoms with Gasteiger partial charge in [-0.1, -0.05) is 0 Å². The van der Waals surface area contributed by atoms with E-state index in [-0.39, 0.29) is 11.5 Å². The zero-order valence-corrected chi connectivity index (χ0v) is 14.0. The van der Waals surface area contributed by atoms with Crippen LogP contribution in [0.5, 0.6) is 0 Å². The molecule has 0 spiro atoms. The highest BCUT2D eigenvalue weighted by atomic mass is 32.2. The summed E-state index contributed by atoms with van der Waals surface area (Å²) in [6.07, 6.45) is 3.33. The number of nitrogens with zero attached hydrogens (tertiary/aromatic N) is 3. The molecule has 1 aliphatic heterocycles. The lowest BCUT2D eigenvalue weighted by Gasteiger charge is -2.28. The van der Waals surface area contributed by atoms with Crippen molar-refractivity contribution in [2.75, 3.05) is 42.8 Å². The van der Waals surface area contributed by atoms with E-state index in [0.717, 1.165) is 37.7 Å². The molecule has 1 fully saturated rings. The van der Waals surface area contributed by atoms with E-state index in [1.165, 1.54) is 18.0 Å². The fourth-order valence-corrected chi connectivity index (χ4v) is 2.77. The number of carbonyl (C=O) groups is 1. The zero-order chi connectivity index (χ0) is 16.9. The van der Waals surface area contributed by atoms with Gasteiger partial charge in [-0.05, 0) is 30.5 Å². The van der Waals surface area contributed by atoms with Crippen molar-refractivity contribution in [3.63, 3.8) is 0 Å². The van der Waals surface area contributed by atoms with Gasteiger partial charge in [0.1, 0.15) is 5.03 Å². The van der Waals surface area contributed by atoms with Crippen molar-refractivity contribution < 1.29 is 14.6 Å². The summed E-state index contributed by atoms with van der Waals surface area (Å²) in [7, 11) is 0. The average molecular weight is 346 g/mol. The van der Waals surface area contributed by atoms with Crippen LogP contribution in [0.1, 0.15) is 10.5 Å². The number of hydrogen-bond acceptors (Lipinski definition) is 7. The second kappa shape index (κ2) is 7.50. The molecular formula is C16H18N4O3S. The molecule has 1 saturated heterocycles. The fraction of sp³-hybridized carbons (Fsp3) is 0.312. The van der Waals surface area contributed by atoms with Crippen molar-refractivity contribution >= 4 is 34.9 Å². The predicted octanol–water partition coefficient (Wildman–Crippen LogP) is 2.48. The minimum atomic E-state index is -1.11. The molecule has 1 aliphatic rings. The molecule has 0 bridgehead atoms. The minimum Gasteiger partial charge on any atom is -0.476 e. The smallest absolute Gasteiger partial charge is 0.358 e. The first-order valence-electron chi connectivity index (χ1n) is 7.51. The monoisotopic (exact) mass is 346 g/mol. The molecule has 2 N–H and O–H groups in total. The van der Waals surface area contributed by atoms with Gasteiger partial charge < -0.3 is 20.1 Å². The number of benzene rings is 1. The lowest BCUT2D eigenvalue weighted by atomic mass is 10.2. The van der Waals surface area contributed by atoms with E-state index in [9.17, 15) is 9.90 Å². The summed E-state index contributed by atoms with van der Waals surface area (Å²) in [5.41, 5.74) is 1.79. The zero-order valence-electron chi connectivity index (χ0n) is 13.2. The van der Waals surface area contributed by atoms with E-state index < -0.39 is 5.97 Å². The Labute approximate surface area is 144 Å². The van der Waals surface area contributed by atoms with Gasteiger partial charge in [-0.3, -0.25) is 0 Å². The number of hydrogen-bond donors (Lipinski definition) is 2. The summed E-state index contributed by atoms with van der Waals surface area (Å²) in [6.45, 7) is 3.21. The first-order chi connectivity index (χ1) is 11.7. The Balaban J connectivity index is 1.79. The number of aromatic nitrogens is 2. The number of thioether (sulfide) groups is 1. The number of nitrogens with one attached hydrogen (secondary N) is 1. The van der Waals surface area contributed by atoms with Crippen LogP contribution in [0.3, 0.4) is 0 Å². The number of carboxylic acid groups (broad SMARTS) is 1. The highest BCUT2D eigenvalue weighted by molar-refractivity contribution is 7.98. The molecule has 24 heavy (non-hydrogen) atoms. The average Bonchev–Trinajstić information content (AvgIpc) is 2.63. The third-order valence-corrected chi connectivity index (χ3v) is 4.28. The van der Waals surface area contributed by atoms with E-state index in [1.807, 2.05) is 30.5 Å². The maximum absolute atomic E-state index is 11.3. The molecule has 0 aliphatic carbocycles. The van der Waals surface area contributed by atoms with Crippen LogP contribution in [0.15, 0.2) is 35.5 Å². The van der Waals surface area contributed by atoms with Gasteiger partial charge in [0.15, 0.2) is 11.5 Å². The lowest BCUT2D eigenvalue weighted by Crippen LogP contribution is -2.36. The van der Waals surface area contributed by atoms with Crippen molar-refractivity contribution in [3.05, 3.63) is 36.2 Å². The molecular weight excluding hydrogens is 328 g/mol. The maximum atomic E-state index is 11.3. The third kappa shape index (κ3) is 3.77. The fourth-order valence-electron chi connectivity index (χ4n) is 2.43. The molecule has 3 rings (SSSR count). The number of aromatic carboxylic acids is 1. The van der Waals surface area contributed by atoms with Gasteiger partial charge in [0.2, 0.25) is 0 Å². The van der Waals surface area contributed by atoms with E-state index in [4.69, 9.17) is 4.74 Å². The molecule has 0 atom stereocenters. The Hall–Kier alpha value is -2.32. The summed E-state index contributed by atoms with van der Waals surface area (Å²) in [4.78, 5) is 21.8. The standard InChI is InChI=1S/C16H18N4O3S/c1-24-13-10-17-14(16(21)22)15(19-13)18-11-2-4-12(5-3-11)20-6-8-23-9-7-20/h2-5,10H,6-9H2,1H3,(H,18,19)(H,21,22). The molecule has 1 aromatic carbocycles. The van der Waals surface area contributed by atoms with E-state index in [0.29, 0.717) is 5.03 Å². The number of ether oxygens (including phenoxy) is 1. The number of morpholine rings is 1. The highest BCUT2D eigenvalue weighted by Crippen LogP contribution is 2.24. The number of carboxylic acids is 1. The molecule has 0 amide bonds. The van der Waals surface area contributed by atoms with E-state index in [1.54, 1.807) is 0 Å². The molecule has 1 aromatic heterocycles. The maximum Gasteiger partial charge on any atom is 0.358 e. The summed E-state index contributed by atoms with van der Waals surface area (Å²) in [6, 6.07) is 7.81. The van der Waals surface area contributed by atoms with Gasteiger partial charge in [0.05, 0.1) is 19.4 Å². The van der Waals surface area contributed by atoms with E-state index in [2.05, 4.69) is 20.2 Å². The van der Waals surface area contributed by atoms with Crippen molar-refractivity contribution in [1.82, 2.24) is 9.97 Å². The summed E-state index contributed by atoms with van der Waals surface area (Å²) < 4.78 is 5.35. The van der Waals surface area contributed by atoms with Gasteiger partial charge in [-0.15, -0.1) is 11.8 Å². The first-order valence-corrected chi connectivity index (χ1v) is 8.74. The van der Waals surface area contributed by atoms with Crippen LogP contribution >= 0.6 is 11.8 Å². The Morgan fingerprint density at radius 3 is 2.62 bits per heavy atom. The summed E-state index contributed by atoms with van der Waals surface area (Å²) in [5.74, 6) is -0.865. The van der Waals surface area contributed by atoms with Crippen LogP contribution in [0, 0.1) is 0 Å². The Kier molecular flexibility index (Phi) is 5.17. The molecule has 8 heteroatoms. The molecule has 0 unspecified atom stereocenters. The second-order valence-corrected chi connectivity index (χ2v) is 6.01. The molecule has 0 radical (unpaired) electrons. The second-order valence-electron chi connectivity index (χ2n) is 5.19. The topological polar surface area (TPSA) is 87.6 Å². The van der Waals surface area contributed by atoms with E-state index >= 15 is 0 Å². The van der Waals surface area contributed by atoms with Crippen molar-refractivity contribution in [3.8, 4) is 0 Å². The Morgan fingerprint density at radius 1 is 1.29 bits per heavy atom. The molecule has 2 heterocycles. The molecule has 2 aromatic rings. The predicted molar refractivity (Wildman–Crippen MR) is 93.5 cm³/mol. The SMILES string of the molecule is CSc1cnc(C(=O)O)c(Nc2ccc(N3CCOCC3)cc2)n1. The van der Waals surface area contributed by atoms with Crippen LogP contribution in [0.2, 0.25) is 0 Å². The van der Waals surface area contributed by atoms with Crippen LogP contribution in [0.4, 0.5) is 17.2 Å². The van der Waals surface area contributed by atoms with Gasteiger partial charge in [0, 0.05) is 24.5 Å². The van der Waals surface area contributed by atoms with Crippen LogP contribution < -0.4 is 10.2 Å². The van der Waals surface area contributed by atoms with Gasteiger partial charge >= 0.3 is 5.97 Å². The molecule has 0 saturated carbocycles. The van der Waals surface area contributed by atoms with Crippen molar-refractivity contribution in [2.24, 2.45) is 0 Å². The normalized spacial score (nSPS) is 14.5. The van der Waals surface area contributed by atoms with Crippen molar-refractivity contribution in [1.29, 1.82) is 0 Å². The Bertz CT molecular complexity index is 718. The quantitative estimate of drug-likeness (QED) is 0.799. The summed E-state index contributed by atoms with van der Waals surface area (Å²) >= 11 is 1.41. The highest BCUT2D eigenvalue weighted by Gasteiger charge is 2.15. The summed E-state index contributed by atoms with van der Waals surface area (Å²) in [5, 5.41) is 13.0. The van der Waals surface area contributed by atoms with Gasteiger partial charge in [-0.2, -0.15) is 0 Å². The number of anilines is 3. The minimum absolute atomic E-state index is 0.0925.